The predicted molar refractivity (Wildman–Crippen MR) is 129 cm³/mol. The number of hydrogen-bond donors (Lipinski definition) is 0. The number of aromatic nitrogens is 1. The topological polar surface area (TPSA) is 86.3 Å². The van der Waals surface area contributed by atoms with E-state index in [-0.39, 0.29) is 12.2 Å². The average molecular weight is 480 g/mol. The maximum absolute atomic E-state index is 13.6. The molecule has 0 spiro atoms. The van der Waals surface area contributed by atoms with Gasteiger partial charge in [0.2, 0.25) is 0 Å². The molecule has 4 heterocycles. The zero-order chi connectivity index (χ0) is 23.7. The van der Waals surface area contributed by atoms with Gasteiger partial charge in [0.25, 0.3) is 5.56 Å². The Morgan fingerprint density at radius 2 is 1.97 bits per heavy atom. The van der Waals surface area contributed by atoms with E-state index in [2.05, 4.69) is 9.89 Å². The van der Waals surface area contributed by atoms with Gasteiger partial charge >= 0.3 is 5.97 Å². The number of thiazole rings is 1. The fourth-order valence-electron chi connectivity index (χ4n) is 4.24. The first kappa shape index (κ1) is 22.4. The molecular weight excluding hydrogens is 454 g/mol. The van der Waals surface area contributed by atoms with E-state index in [1.165, 1.54) is 11.3 Å². The first-order valence-electron chi connectivity index (χ1n) is 11.2. The molecule has 34 heavy (non-hydrogen) atoms. The van der Waals surface area contributed by atoms with E-state index in [1.54, 1.807) is 24.5 Å². The number of furan rings is 1. The average Bonchev–Trinajstić information content (AvgIpc) is 3.44. The third-order valence-electron chi connectivity index (χ3n) is 5.84. The Morgan fingerprint density at radius 3 is 2.71 bits per heavy atom. The molecule has 0 saturated carbocycles. The highest BCUT2D eigenvalue weighted by Gasteiger charge is 2.33. The van der Waals surface area contributed by atoms with Gasteiger partial charge in [-0.15, -0.1) is 0 Å². The van der Waals surface area contributed by atoms with Crippen LogP contribution in [0.15, 0.2) is 67.9 Å². The van der Waals surface area contributed by atoms with Crippen molar-refractivity contribution in [2.45, 2.75) is 19.9 Å². The van der Waals surface area contributed by atoms with Crippen molar-refractivity contribution in [1.82, 2.24) is 4.57 Å². The molecular formula is C25H25N3O5S. The second-order valence-electron chi connectivity index (χ2n) is 7.99. The summed E-state index contributed by atoms with van der Waals surface area (Å²) >= 11 is 1.28. The van der Waals surface area contributed by atoms with Crippen LogP contribution in [-0.2, 0) is 14.3 Å². The lowest BCUT2D eigenvalue weighted by atomic mass is 9.96. The van der Waals surface area contributed by atoms with E-state index in [4.69, 9.17) is 13.9 Å². The Labute approximate surface area is 200 Å². The number of benzene rings is 1. The number of carbonyl (C=O) groups excluding carboxylic acids is 1. The molecule has 0 amide bonds. The normalized spacial score (nSPS) is 18.6. The van der Waals surface area contributed by atoms with Crippen molar-refractivity contribution >= 4 is 29.3 Å². The smallest absolute Gasteiger partial charge is 0.338 e. The van der Waals surface area contributed by atoms with Gasteiger partial charge < -0.3 is 18.8 Å². The molecule has 9 heteroatoms. The molecule has 1 fully saturated rings. The summed E-state index contributed by atoms with van der Waals surface area (Å²) in [4.78, 5) is 33.7. The molecule has 1 aromatic carbocycles. The summed E-state index contributed by atoms with van der Waals surface area (Å²) < 4.78 is 18.8. The molecule has 3 aromatic rings. The van der Waals surface area contributed by atoms with Crippen molar-refractivity contribution in [3.8, 4) is 0 Å². The number of esters is 1. The van der Waals surface area contributed by atoms with Gasteiger partial charge in [0, 0.05) is 25.2 Å². The largest absolute Gasteiger partial charge is 0.463 e. The zero-order valence-corrected chi connectivity index (χ0v) is 19.8. The third-order valence-corrected chi connectivity index (χ3v) is 6.82. The Balaban J connectivity index is 1.60. The summed E-state index contributed by atoms with van der Waals surface area (Å²) in [5.74, 6) is 0.877. The van der Waals surface area contributed by atoms with Gasteiger partial charge in [-0.1, -0.05) is 41.7 Å². The minimum Gasteiger partial charge on any atom is -0.463 e. The van der Waals surface area contributed by atoms with Gasteiger partial charge in [0.1, 0.15) is 5.76 Å². The number of morpholine rings is 1. The van der Waals surface area contributed by atoms with Crippen molar-refractivity contribution in [2.24, 2.45) is 4.99 Å². The number of allylic oxidation sites excluding steroid dienone is 1. The monoisotopic (exact) mass is 479 g/mol. The Kier molecular flexibility index (Phi) is 6.21. The van der Waals surface area contributed by atoms with Crippen molar-refractivity contribution < 1.29 is 18.7 Å². The van der Waals surface area contributed by atoms with E-state index < -0.39 is 12.0 Å². The number of fused-ring (bicyclic) bond motifs is 1. The SMILES string of the molecule is CCOC(=O)C1=C(C)N=c2s/c(=C\c3ccc(N4CCOCC4)o3)c(=O)n2C1c1ccccc1. The van der Waals surface area contributed by atoms with Gasteiger partial charge in [-0.2, -0.15) is 0 Å². The predicted octanol–water partition coefficient (Wildman–Crippen LogP) is 2.23. The van der Waals surface area contributed by atoms with Gasteiger partial charge in [-0.25, -0.2) is 9.79 Å². The molecule has 1 unspecified atom stereocenters. The molecule has 0 N–H and O–H groups in total. The summed E-state index contributed by atoms with van der Waals surface area (Å²) in [5.41, 5.74) is 1.52. The van der Waals surface area contributed by atoms with E-state index in [9.17, 15) is 9.59 Å². The van der Waals surface area contributed by atoms with Crippen LogP contribution in [0.4, 0.5) is 5.88 Å². The Bertz CT molecular complexity index is 1410. The quantitative estimate of drug-likeness (QED) is 0.522. The van der Waals surface area contributed by atoms with Crippen LogP contribution in [0.2, 0.25) is 0 Å². The first-order valence-corrected chi connectivity index (χ1v) is 12.1. The van der Waals surface area contributed by atoms with Gasteiger partial charge in [-0.3, -0.25) is 9.36 Å². The van der Waals surface area contributed by atoms with Crippen LogP contribution in [0.1, 0.15) is 31.2 Å². The van der Waals surface area contributed by atoms with Crippen LogP contribution in [0.25, 0.3) is 6.08 Å². The lowest BCUT2D eigenvalue weighted by Gasteiger charge is -2.26. The summed E-state index contributed by atoms with van der Waals surface area (Å²) in [7, 11) is 0. The van der Waals surface area contributed by atoms with Gasteiger partial charge in [0.05, 0.1) is 41.7 Å². The molecule has 2 aliphatic rings. The molecule has 5 rings (SSSR count). The fraction of sp³-hybridized carbons (Fsp3) is 0.320. The van der Waals surface area contributed by atoms with Crippen molar-refractivity contribution in [2.75, 3.05) is 37.8 Å². The van der Waals surface area contributed by atoms with E-state index in [1.807, 2.05) is 42.5 Å². The number of nitrogens with zero attached hydrogens (tertiary/aromatic N) is 3. The van der Waals surface area contributed by atoms with Crippen molar-refractivity contribution in [3.63, 3.8) is 0 Å². The Hall–Kier alpha value is -3.43. The molecule has 0 bridgehead atoms. The first-order chi connectivity index (χ1) is 16.6. The van der Waals surface area contributed by atoms with Crippen LogP contribution in [0.3, 0.4) is 0 Å². The minimum atomic E-state index is -0.612. The summed E-state index contributed by atoms with van der Waals surface area (Å²) in [5, 5.41) is 0. The zero-order valence-electron chi connectivity index (χ0n) is 19.0. The number of hydrogen-bond acceptors (Lipinski definition) is 8. The number of rotatable bonds is 5. The van der Waals surface area contributed by atoms with Gasteiger partial charge in [-0.05, 0) is 25.5 Å². The molecule has 2 aromatic heterocycles. The molecule has 8 nitrogen and oxygen atoms in total. The third kappa shape index (κ3) is 4.12. The number of ether oxygens (including phenoxy) is 2. The van der Waals surface area contributed by atoms with Crippen LogP contribution < -0.4 is 19.8 Å². The van der Waals surface area contributed by atoms with E-state index >= 15 is 0 Å². The molecule has 0 radical (unpaired) electrons. The number of carbonyl (C=O) groups is 1. The maximum atomic E-state index is 13.6. The second-order valence-corrected chi connectivity index (χ2v) is 9.00. The van der Waals surface area contributed by atoms with Crippen LogP contribution in [0.5, 0.6) is 0 Å². The minimum absolute atomic E-state index is 0.226. The lowest BCUT2D eigenvalue weighted by molar-refractivity contribution is -0.139. The van der Waals surface area contributed by atoms with E-state index in [0.717, 1.165) is 24.5 Å². The second kappa shape index (κ2) is 9.44. The van der Waals surface area contributed by atoms with Crippen LogP contribution in [0, 0.1) is 0 Å². The Morgan fingerprint density at radius 1 is 1.21 bits per heavy atom. The summed E-state index contributed by atoms with van der Waals surface area (Å²) in [6.45, 7) is 6.64. The van der Waals surface area contributed by atoms with Crippen LogP contribution >= 0.6 is 11.3 Å². The highest BCUT2D eigenvalue weighted by atomic mass is 32.1. The maximum Gasteiger partial charge on any atom is 0.338 e. The highest BCUT2D eigenvalue weighted by Crippen LogP contribution is 2.30. The van der Waals surface area contributed by atoms with E-state index in [0.29, 0.717) is 39.6 Å². The molecule has 0 aliphatic carbocycles. The molecule has 176 valence electrons. The van der Waals surface area contributed by atoms with Crippen molar-refractivity contribution in [1.29, 1.82) is 0 Å². The molecule has 1 saturated heterocycles. The summed E-state index contributed by atoms with van der Waals surface area (Å²) in [6, 6.07) is 12.6. The van der Waals surface area contributed by atoms with Crippen LogP contribution in [-0.4, -0.2) is 43.4 Å². The van der Waals surface area contributed by atoms with Crippen molar-refractivity contribution in [3.05, 3.63) is 84.7 Å². The lowest BCUT2D eigenvalue weighted by Crippen LogP contribution is -2.39. The molecule has 1 atom stereocenters. The summed E-state index contributed by atoms with van der Waals surface area (Å²) in [6.07, 6.45) is 1.74. The number of anilines is 1. The highest BCUT2D eigenvalue weighted by molar-refractivity contribution is 7.07. The van der Waals surface area contributed by atoms with Gasteiger partial charge in [0.15, 0.2) is 10.7 Å². The standard InChI is InChI=1S/C25H25N3O5S/c1-3-32-24(30)21-16(2)26-25-28(22(21)17-7-5-4-6-8-17)23(29)19(34-25)15-18-9-10-20(33-18)27-11-13-31-14-12-27/h4-10,15,22H,3,11-14H2,1-2H3/b19-15-. The fourth-order valence-corrected chi connectivity index (χ4v) is 5.27. The molecule has 2 aliphatic heterocycles.